The van der Waals surface area contributed by atoms with E-state index in [-0.39, 0.29) is 12.5 Å². The smallest absolute Gasteiger partial charge is 0.257 e. The average molecular weight is 306 g/mol. The van der Waals surface area contributed by atoms with Crippen LogP contribution in [-0.4, -0.2) is 50.7 Å². The highest BCUT2D eigenvalue weighted by Gasteiger charge is 2.09. The summed E-state index contributed by atoms with van der Waals surface area (Å²) in [4.78, 5) is 14.2. The first-order chi connectivity index (χ1) is 10.8. The molecule has 0 spiro atoms. The largest absolute Gasteiger partial charge is 0.497 e. The zero-order valence-corrected chi connectivity index (χ0v) is 13.3. The van der Waals surface area contributed by atoms with E-state index in [0.29, 0.717) is 12.3 Å². The van der Waals surface area contributed by atoms with E-state index in [1.807, 2.05) is 12.1 Å². The lowest BCUT2D eigenvalue weighted by atomic mass is 10.1. The molecule has 1 aliphatic rings. The standard InChI is InChI=1S/C17H26N2O3/c1-21-15-6-8-16(9-7-15)22-14-17(20)18-10-5-13-19-11-3-2-4-12-19/h6-9H,2-5,10-14H2,1H3,(H,18,20). The van der Waals surface area contributed by atoms with Crippen molar-refractivity contribution in [1.29, 1.82) is 0 Å². The van der Waals surface area contributed by atoms with Crippen molar-refractivity contribution < 1.29 is 14.3 Å². The van der Waals surface area contributed by atoms with Crippen molar-refractivity contribution in [1.82, 2.24) is 10.2 Å². The van der Waals surface area contributed by atoms with Gasteiger partial charge in [0.2, 0.25) is 0 Å². The Morgan fingerprint density at radius 1 is 1.14 bits per heavy atom. The van der Waals surface area contributed by atoms with Crippen LogP contribution in [0.15, 0.2) is 24.3 Å². The quantitative estimate of drug-likeness (QED) is 0.747. The predicted octanol–water partition coefficient (Wildman–Crippen LogP) is 2.07. The molecule has 1 aromatic carbocycles. The molecule has 1 saturated heterocycles. The predicted molar refractivity (Wildman–Crippen MR) is 86.4 cm³/mol. The fourth-order valence-electron chi connectivity index (χ4n) is 2.59. The Morgan fingerprint density at radius 3 is 2.50 bits per heavy atom. The molecule has 0 saturated carbocycles. The molecule has 5 nitrogen and oxygen atoms in total. The monoisotopic (exact) mass is 306 g/mol. The van der Waals surface area contributed by atoms with Gasteiger partial charge in [-0.15, -0.1) is 0 Å². The minimum absolute atomic E-state index is 0.0516. The molecule has 2 rings (SSSR count). The Labute approximate surface area is 132 Å². The zero-order valence-electron chi connectivity index (χ0n) is 13.3. The molecule has 1 heterocycles. The molecule has 1 N–H and O–H groups in total. The van der Waals surface area contributed by atoms with Gasteiger partial charge in [0.1, 0.15) is 11.5 Å². The van der Waals surface area contributed by atoms with Gasteiger partial charge in [-0.25, -0.2) is 0 Å². The van der Waals surface area contributed by atoms with Crippen molar-refractivity contribution in [3.63, 3.8) is 0 Å². The van der Waals surface area contributed by atoms with E-state index in [1.165, 1.54) is 32.4 Å². The van der Waals surface area contributed by atoms with Crippen LogP contribution in [0.5, 0.6) is 11.5 Å². The fourth-order valence-corrected chi connectivity index (χ4v) is 2.59. The maximum absolute atomic E-state index is 11.7. The van der Waals surface area contributed by atoms with Gasteiger partial charge >= 0.3 is 0 Å². The van der Waals surface area contributed by atoms with Crippen LogP contribution >= 0.6 is 0 Å². The summed E-state index contributed by atoms with van der Waals surface area (Å²) in [5, 5.41) is 2.90. The number of rotatable bonds is 8. The van der Waals surface area contributed by atoms with Gasteiger partial charge in [-0.1, -0.05) is 6.42 Å². The second-order valence-electron chi connectivity index (χ2n) is 5.57. The Balaban J connectivity index is 1.55. The van der Waals surface area contributed by atoms with Crippen LogP contribution in [0.3, 0.4) is 0 Å². The van der Waals surface area contributed by atoms with Crippen molar-refractivity contribution in [3.05, 3.63) is 24.3 Å². The van der Waals surface area contributed by atoms with Crippen molar-refractivity contribution >= 4 is 5.91 Å². The minimum atomic E-state index is -0.0746. The highest BCUT2D eigenvalue weighted by molar-refractivity contribution is 5.77. The number of carbonyl (C=O) groups excluding carboxylic acids is 1. The molecule has 0 bridgehead atoms. The van der Waals surface area contributed by atoms with Crippen LogP contribution in [0.1, 0.15) is 25.7 Å². The van der Waals surface area contributed by atoms with Crippen molar-refractivity contribution in [2.24, 2.45) is 0 Å². The first-order valence-corrected chi connectivity index (χ1v) is 8.04. The maximum Gasteiger partial charge on any atom is 0.257 e. The molecule has 1 aliphatic heterocycles. The number of carbonyl (C=O) groups is 1. The number of nitrogens with one attached hydrogen (secondary N) is 1. The third-order valence-electron chi connectivity index (χ3n) is 3.85. The SMILES string of the molecule is COc1ccc(OCC(=O)NCCCN2CCCCC2)cc1. The normalized spacial score (nSPS) is 15.3. The summed E-state index contributed by atoms with van der Waals surface area (Å²) in [5.74, 6) is 1.37. The van der Waals surface area contributed by atoms with Crippen LogP contribution in [-0.2, 0) is 4.79 Å². The van der Waals surface area contributed by atoms with Gasteiger partial charge in [-0.05, 0) is 63.2 Å². The summed E-state index contributed by atoms with van der Waals surface area (Å²) >= 11 is 0. The Kier molecular flexibility index (Phi) is 7.03. The van der Waals surface area contributed by atoms with Crippen LogP contribution in [0.4, 0.5) is 0 Å². The van der Waals surface area contributed by atoms with Gasteiger partial charge in [-0.3, -0.25) is 4.79 Å². The summed E-state index contributed by atoms with van der Waals surface area (Å²) in [5.41, 5.74) is 0. The van der Waals surface area contributed by atoms with Gasteiger partial charge in [0.05, 0.1) is 7.11 Å². The second-order valence-corrected chi connectivity index (χ2v) is 5.57. The molecule has 22 heavy (non-hydrogen) atoms. The molecule has 0 atom stereocenters. The summed E-state index contributed by atoms with van der Waals surface area (Å²) in [6.45, 7) is 4.24. The number of ether oxygens (including phenoxy) is 2. The maximum atomic E-state index is 11.7. The molecular formula is C17H26N2O3. The summed E-state index contributed by atoms with van der Waals surface area (Å²) in [7, 11) is 1.62. The highest BCUT2D eigenvalue weighted by Crippen LogP contribution is 2.16. The van der Waals surface area contributed by atoms with Crippen molar-refractivity contribution in [2.75, 3.05) is 39.9 Å². The van der Waals surface area contributed by atoms with Crippen LogP contribution < -0.4 is 14.8 Å². The Bertz CT molecular complexity index is 442. The number of nitrogens with zero attached hydrogens (tertiary/aromatic N) is 1. The second kappa shape index (κ2) is 9.30. The summed E-state index contributed by atoms with van der Waals surface area (Å²) in [6, 6.07) is 7.21. The number of amides is 1. The van der Waals surface area contributed by atoms with E-state index >= 15 is 0 Å². The van der Waals surface area contributed by atoms with Crippen molar-refractivity contribution in [2.45, 2.75) is 25.7 Å². The van der Waals surface area contributed by atoms with Gasteiger partial charge in [0.15, 0.2) is 6.61 Å². The summed E-state index contributed by atoms with van der Waals surface area (Å²) < 4.78 is 10.5. The molecule has 122 valence electrons. The third-order valence-corrected chi connectivity index (χ3v) is 3.85. The van der Waals surface area contributed by atoms with Crippen LogP contribution in [0.25, 0.3) is 0 Å². The van der Waals surface area contributed by atoms with E-state index in [0.717, 1.165) is 18.7 Å². The number of methoxy groups -OCH3 is 1. The molecule has 0 radical (unpaired) electrons. The first kappa shape index (κ1) is 16.6. The van der Waals surface area contributed by atoms with Crippen LogP contribution in [0.2, 0.25) is 0 Å². The lowest BCUT2D eigenvalue weighted by molar-refractivity contribution is -0.123. The minimum Gasteiger partial charge on any atom is -0.497 e. The fraction of sp³-hybridized carbons (Fsp3) is 0.588. The van der Waals surface area contributed by atoms with Crippen LogP contribution in [0, 0.1) is 0 Å². The van der Waals surface area contributed by atoms with E-state index in [2.05, 4.69) is 10.2 Å². The molecule has 1 aromatic rings. The first-order valence-electron chi connectivity index (χ1n) is 8.04. The highest BCUT2D eigenvalue weighted by atomic mass is 16.5. The van der Waals surface area contributed by atoms with E-state index in [1.54, 1.807) is 19.2 Å². The number of hydrogen-bond donors (Lipinski definition) is 1. The summed E-state index contributed by atoms with van der Waals surface area (Å²) in [6.07, 6.45) is 4.97. The molecule has 0 aromatic heterocycles. The average Bonchev–Trinajstić information content (AvgIpc) is 2.58. The molecule has 1 fully saturated rings. The molecule has 0 unspecified atom stereocenters. The van der Waals surface area contributed by atoms with E-state index in [9.17, 15) is 4.79 Å². The number of benzene rings is 1. The van der Waals surface area contributed by atoms with Gasteiger partial charge in [0.25, 0.3) is 5.91 Å². The molecule has 0 aliphatic carbocycles. The van der Waals surface area contributed by atoms with Gasteiger partial charge < -0.3 is 19.7 Å². The van der Waals surface area contributed by atoms with E-state index in [4.69, 9.17) is 9.47 Å². The number of likely N-dealkylation sites (tertiary alicyclic amines) is 1. The molecule has 5 heteroatoms. The van der Waals surface area contributed by atoms with Gasteiger partial charge in [0, 0.05) is 6.54 Å². The molecule has 1 amide bonds. The lowest BCUT2D eigenvalue weighted by Gasteiger charge is -2.26. The van der Waals surface area contributed by atoms with Crippen molar-refractivity contribution in [3.8, 4) is 11.5 Å². The topological polar surface area (TPSA) is 50.8 Å². The van der Waals surface area contributed by atoms with E-state index < -0.39 is 0 Å². The number of piperidine rings is 1. The van der Waals surface area contributed by atoms with Gasteiger partial charge in [-0.2, -0.15) is 0 Å². The molecular weight excluding hydrogens is 280 g/mol. The lowest BCUT2D eigenvalue weighted by Crippen LogP contribution is -2.34. The zero-order chi connectivity index (χ0) is 15.6. The number of hydrogen-bond acceptors (Lipinski definition) is 4. The Hall–Kier alpha value is -1.75. The third kappa shape index (κ3) is 5.93. The Morgan fingerprint density at radius 2 is 1.82 bits per heavy atom.